The molecule has 1 heterocycles. The summed E-state index contributed by atoms with van der Waals surface area (Å²) in [5.74, 6) is -0.109. The van der Waals surface area contributed by atoms with Crippen molar-refractivity contribution >= 4 is 11.8 Å². The van der Waals surface area contributed by atoms with E-state index in [1.807, 2.05) is 20.8 Å². The lowest BCUT2D eigenvalue weighted by molar-refractivity contribution is -0.137. The Balaban J connectivity index is 2.91. The van der Waals surface area contributed by atoms with Gasteiger partial charge < -0.3 is 11.1 Å². The second-order valence-corrected chi connectivity index (χ2v) is 4.39. The Hall–Kier alpha value is -1.53. The average molecular weight is 262 g/mol. The van der Waals surface area contributed by atoms with E-state index in [1.54, 1.807) is 0 Å². The van der Waals surface area contributed by atoms with E-state index in [-0.39, 0.29) is 12.0 Å². The standard InChI is InChI=1S/C11H17F3N4/c1-4-8(6(2)3)17-10-16-5-7(9(15)18-10)11(12,13)14/h5-6,8H,4H2,1-3H3,(H3,15,16,17,18). The van der Waals surface area contributed by atoms with Gasteiger partial charge in [0.25, 0.3) is 0 Å². The van der Waals surface area contributed by atoms with Crippen molar-refractivity contribution in [3.05, 3.63) is 11.8 Å². The maximum absolute atomic E-state index is 12.5. The Bertz CT molecular complexity index is 404. The van der Waals surface area contributed by atoms with Crippen LogP contribution in [0.15, 0.2) is 6.20 Å². The van der Waals surface area contributed by atoms with Crippen molar-refractivity contribution in [1.82, 2.24) is 9.97 Å². The highest BCUT2D eigenvalue weighted by molar-refractivity contribution is 5.44. The molecular weight excluding hydrogens is 245 g/mol. The highest BCUT2D eigenvalue weighted by Gasteiger charge is 2.34. The van der Waals surface area contributed by atoms with Crippen LogP contribution in [0.1, 0.15) is 32.8 Å². The molecule has 0 saturated carbocycles. The van der Waals surface area contributed by atoms with Crippen molar-refractivity contribution in [2.75, 3.05) is 11.1 Å². The molecule has 0 radical (unpaired) electrons. The zero-order valence-corrected chi connectivity index (χ0v) is 10.5. The minimum absolute atomic E-state index is 0.0983. The molecule has 0 aromatic carbocycles. The molecule has 0 fully saturated rings. The third-order valence-electron chi connectivity index (χ3n) is 2.68. The highest BCUT2D eigenvalue weighted by atomic mass is 19.4. The summed E-state index contributed by atoms with van der Waals surface area (Å²) in [6.45, 7) is 5.99. The Labute approximate surface area is 104 Å². The fourth-order valence-electron chi connectivity index (χ4n) is 1.59. The summed E-state index contributed by atoms with van der Waals surface area (Å²) < 4.78 is 37.4. The molecular formula is C11H17F3N4. The summed E-state index contributed by atoms with van der Waals surface area (Å²) in [4.78, 5) is 7.30. The van der Waals surface area contributed by atoms with Gasteiger partial charge in [-0.15, -0.1) is 0 Å². The molecule has 4 nitrogen and oxygen atoms in total. The summed E-state index contributed by atoms with van der Waals surface area (Å²) in [5.41, 5.74) is 4.28. The van der Waals surface area contributed by atoms with Crippen LogP contribution in [0.3, 0.4) is 0 Å². The topological polar surface area (TPSA) is 63.8 Å². The first-order chi connectivity index (χ1) is 8.25. The molecule has 1 rings (SSSR count). The number of nitrogens with one attached hydrogen (secondary N) is 1. The number of aromatic nitrogens is 2. The number of nitrogens with two attached hydrogens (primary N) is 1. The van der Waals surface area contributed by atoms with Gasteiger partial charge in [0, 0.05) is 12.2 Å². The molecule has 1 atom stereocenters. The van der Waals surface area contributed by atoms with E-state index in [0.29, 0.717) is 12.1 Å². The fraction of sp³-hybridized carbons (Fsp3) is 0.636. The lowest BCUT2D eigenvalue weighted by Crippen LogP contribution is -2.26. The third-order valence-corrected chi connectivity index (χ3v) is 2.68. The number of nitrogen functional groups attached to an aromatic ring is 1. The summed E-state index contributed by atoms with van der Waals surface area (Å²) >= 11 is 0. The zero-order valence-electron chi connectivity index (χ0n) is 10.5. The van der Waals surface area contributed by atoms with Crippen LogP contribution in [0, 0.1) is 5.92 Å². The summed E-state index contributed by atoms with van der Waals surface area (Å²) in [6.07, 6.45) is -3.00. The van der Waals surface area contributed by atoms with Crippen molar-refractivity contribution in [1.29, 1.82) is 0 Å². The molecule has 3 N–H and O–H groups in total. The van der Waals surface area contributed by atoms with E-state index in [9.17, 15) is 13.2 Å². The first-order valence-corrected chi connectivity index (χ1v) is 5.72. The van der Waals surface area contributed by atoms with E-state index in [2.05, 4.69) is 15.3 Å². The van der Waals surface area contributed by atoms with Crippen LogP contribution < -0.4 is 11.1 Å². The van der Waals surface area contributed by atoms with Crippen LogP contribution in [-0.2, 0) is 6.18 Å². The number of alkyl halides is 3. The molecule has 0 aliphatic heterocycles. The molecule has 18 heavy (non-hydrogen) atoms. The second-order valence-electron chi connectivity index (χ2n) is 4.39. The highest BCUT2D eigenvalue weighted by Crippen LogP contribution is 2.32. The third kappa shape index (κ3) is 3.48. The smallest absolute Gasteiger partial charge is 0.383 e. The van der Waals surface area contributed by atoms with Crippen molar-refractivity contribution < 1.29 is 13.2 Å². The summed E-state index contributed by atoms with van der Waals surface area (Å²) in [7, 11) is 0. The van der Waals surface area contributed by atoms with Gasteiger partial charge in [-0.1, -0.05) is 20.8 Å². The average Bonchev–Trinajstić information content (AvgIpc) is 2.23. The van der Waals surface area contributed by atoms with Gasteiger partial charge in [-0.25, -0.2) is 4.98 Å². The Kier molecular flexibility index (Phi) is 4.37. The van der Waals surface area contributed by atoms with Crippen LogP contribution in [0.2, 0.25) is 0 Å². The van der Waals surface area contributed by atoms with Crippen LogP contribution >= 0.6 is 0 Å². The van der Waals surface area contributed by atoms with E-state index in [1.165, 1.54) is 0 Å². The number of halogens is 3. The molecule has 0 bridgehead atoms. The van der Waals surface area contributed by atoms with E-state index in [4.69, 9.17) is 5.73 Å². The molecule has 1 aromatic heterocycles. The van der Waals surface area contributed by atoms with Crippen molar-refractivity contribution in [3.63, 3.8) is 0 Å². The SMILES string of the molecule is CCC(Nc1ncc(C(F)(F)F)c(N)n1)C(C)C. The molecule has 0 spiro atoms. The van der Waals surface area contributed by atoms with Crippen LogP contribution in [-0.4, -0.2) is 16.0 Å². The molecule has 7 heteroatoms. The Morgan fingerprint density at radius 2 is 2.00 bits per heavy atom. The maximum atomic E-state index is 12.5. The van der Waals surface area contributed by atoms with E-state index >= 15 is 0 Å². The van der Waals surface area contributed by atoms with Gasteiger partial charge in [-0.3, -0.25) is 0 Å². The van der Waals surface area contributed by atoms with Crippen LogP contribution in [0.4, 0.5) is 24.9 Å². The normalized spacial score (nSPS) is 13.7. The van der Waals surface area contributed by atoms with Crippen molar-refractivity contribution in [2.24, 2.45) is 5.92 Å². The molecule has 1 aromatic rings. The summed E-state index contributed by atoms with van der Waals surface area (Å²) in [5, 5.41) is 2.98. The lowest BCUT2D eigenvalue weighted by Gasteiger charge is -2.21. The van der Waals surface area contributed by atoms with Crippen molar-refractivity contribution in [2.45, 2.75) is 39.4 Å². The van der Waals surface area contributed by atoms with Crippen LogP contribution in [0.5, 0.6) is 0 Å². The first kappa shape index (κ1) is 14.5. The largest absolute Gasteiger partial charge is 0.421 e. The van der Waals surface area contributed by atoms with Gasteiger partial charge in [-0.05, 0) is 12.3 Å². The molecule has 0 aliphatic carbocycles. The van der Waals surface area contributed by atoms with Gasteiger partial charge in [-0.2, -0.15) is 18.2 Å². The monoisotopic (exact) mass is 262 g/mol. The number of anilines is 2. The molecule has 102 valence electrons. The molecule has 0 amide bonds. The molecule has 0 saturated heterocycles. The quantitative estimate of drug-likeness (QED) is 0.875. The minimum Gasteiger partial charge on any atom is -0.383 e. The van der Waals surface area contributed by atoms with Crippen LogP contribution in [0.25, 0.3) is 0 Å². The predicted octanol–water partition coefficient (Wildman–Crippen LogP) is 2.92. The van der Waals surface area contributed by atoms with Gasteiger partial charge in [0.05, 0.1) is 0 Å². The lowest BCUT2D eigenvalue weighted by atomic mass is 10.0. The number of hydrogen-bond donors (Lipinski definition) is 2. The second kappa shape index (κ2) is 5.41. The number of rotatable bonds is 4. The fourth-order valence-corrected chi connectivity index (χ4v) is 1.59. The van der Waals surface area contributed by atoms with E-state index in [0.717, 1.165) is 6.42 Å². The maximum Gasteiger partial charge on any atom is 0.421 e. The summed E-state index contributed by atoms with van der Waals surface area (Å²) in [6, 6.07) is 0.0983. The Morgan fingerprint density at radius 1 is 1.39 bits per heavy atom. The first-order valence-electron chi connectivity index (χ1n) is 5.72. The van der Waals surface area contributed by atoms with Crippen molar-refractivity contribution in [3.8, 4) is 0 Å². The zero-order chi connectivity index (χ0) is 13.9. The van der Waals surface area contributed by atoms with Gasteiger partial charge >= 0.3 is 6.18 Å². The van der Waals surface area contributed by atoms with Gasteiger partial charge in [0.2, 0.25) is 5.95 Å². The number of nitrogens with zero attached hydrogens (tertiary/aromatic N) is 2. The predicted molar refractivity (Wildman–Crippen MR) is 64.0 cm³/mol. The molecule has 1 unspecified atom stereocenters. The van der Waals surface area contributed by atoms with Gasteiger partial charge in [0.15, 0.2) is 0 Å². The number of hydrogen-bond acceptors (Lipinski definition) is 4. The van der Waals surface area contributed by atoms with E-state index < -0.39 is 17.6 Å². The minimum atomic E-state index is -4.52. The Morgan fingerprint density at radius 3 is 2.39 bits per heavy atom. The van der Waals surface area contributed by atoms with Gasteiger partial charge in [0.1, 0.15) is 11.4 Å². The molecule has 0 aliphatic rings.